The zero-order valence-electron chi connectivity index (χ0n) is 12.7. The van der Waals surface area contributed by atoms with E-state index in [1.165, 1.54) is 25.7 Å². The summed E-state index contributed by atoms with van der Waals surface area (Å²) in [5.74, 6) is 1.13. The molecular weight excluding hydrogens is 240 g/mol. The average molecular weight is 270 g/mol. The molecule has 1 aliphatic rings. The lowest BCUT2D eigenvalue weighted by molar-refractivity contribution is 0.0133. The molecule has 0 amide bonds. The number of hydrogen-bond donors (Lipinski definition) is 2. The summed E-state index contributed by atoms with van der Waals surface area (Å²) in [5.41, 5.74) is 5.44. The molecule has 1 saturated carbocycles. The lowest BCUT2D eigenvalue weighted by Crippen LogP contribution is -2.31. The standard InChI is InChI=1S/C15H30N2O2/c1-12-7-6-8-13(11-12)19-10-5-4-9-15(2,3)14(16)17-18/h12-13,18H,4-11H2,1-3H3,(H2,16,17). The van der Waals surface area contributed by atoms with Gasteiger partial charge >= 0.3 is 0 Å². The van der Waals surface area contributed by atoms with Gasteiger partial charge in [-0.2, -0.15) is 0 Å². The second-order valence-corrected chi connectivity index (χ2v) is 6.59. The zero-order valence-corrected chi connectivity index (χ0v) is 12.7. The van der Waals surface area contributed by atoms with E-state index in [1.807, 2.05) is 13.8 Å². The van der Waals surface area contributed by atoms with Crippen LogP contribution in [0.25, 0.3) is 0 Å². The highest BCUT2D eigenvalue weighted by molar-refractivity contribution is 5.85. The second-order valence-electron chi connectivity index (χ2n) is 6.59. The minimum absolute atomic E-state index is 0.228. The fourth-order valence-corrected chi connectivity index (χ4v) is 2.71. The molecule has 1 fully saturated rings. The van der Waals surface area contributed by atoms with Crippen LogP contribution in [0.4, 0.5) is 0 Å². The van der Waals surface area contributed by atoms with Gasteiger partial charge in [0, 0.05) is 12.0 Å². The normalized spacial score (nSPS) is 25.5. The van der Waals surface area contributed by atoms with E-state index < -0.39 is 0 Å². The van der Waals surface area contributed by atoms with Gasteiger partial charge in [-0.25, -0.2) is 0 Å². The Balaban J connectivity index is 2.11. The average Bonchev–Trinajstić information content (AvgIpc) is 2.37. The molecule has 2 atom stereocenters. The number of hydrogen-bond acceptors (Lipinski definition) is 3. The van der Waals surface area contributed by atoms with Crippen molar-refractivity contribution in [1.82, 2.24) is 0 Å². The summed E-state index contributed by atoms with van der Waals surface area (Å²) in [6.07, 6.45) is 8.60. The van der Waals surface area contributed by atoms with Crippen molar-refractivity contribution in [3.05, 3.63) is 0 Å². The van der Waals surface area contributed by atoms with Crippen LogP contribution in [-0.4, -0.2) is 23.8 Å². The van der Waals surface area contributed by atoms with Crippen molar-refractivity contribution in [3.63, 3.8) is 0 Å². The molecule has 0 aromatic rings. The van der Waals surface area contributed by atoms with Gasteiger partial charge in [-0.1, -0.05) is 45.2 Å². The Hall–Kier alpha value is -0.770. The van der Waals surface area contributed by atoms with Gasteiger partial charge in [0.25, 0.3) is 0 Å². The molecule has 19 heavy (non-hydrogen) atoms. The van der Waals surface area contributed by atoms with Crippen LogP contribution >= 0.6 is 0 Å². The van der Waals surface area contributed by atoms with E-state index in [-0.39, 0.29) is 5.41 Å². The molecule has 0 heterocycles. The fourth-order valence-electron chi connectivity index (χ4n) is 2.71. The molecule has 0 aliphatic heterocycles. The molecule has 4 heteroatoms. The maximum atomic E-state index is 8.71. The third kappa shape index (κ3) is 5.81. The summed E-state index contributed by atoms with van der Waals surface area (Å²) < 4.78 is 5.94. The highest BCUT2D eigenvalue weighted by atomic mass is 16.5. The van der Waals surface area contributed by atoms with Gasteiger partial charge < -0.3 is 15.7 Å². The SMILES string of the molecule is CC1CCCC(OCCCCC(C)(C)C(N)=NO)C1. The summed E-state index contributed by atoms with van der Waals surface area (Å²) in [6, 6.07) is 0. The molecule has 0 aromatic heterocycles. The Bertz CT molecular complexity index is 290. The van der Waals surface area contributed by atoms with E-state index in [4.69, 9.17) is 15.7 Å². The van der Waals surface area contributed by atoms with Crippen LogP contribution < -0.4 is 5.73 Å². The summed E-state index contributed by atoms with van der Waals surface area (Å²) in [4.78, 5) is 0. The molecule has 1 aliphatic carbocycles. The van der Waals surface area contributed by atoms with Crippen molar-refractivity contribution in [2.45, 2.75) is 71.8 Å². The minimum Gasteiger partial charge on any atom is -0.409 e. The highest BCUT2D eigenvalue weighted by Gasteiger charge is 2.23. The minimum atomic E-state index is -0.228. The molecule has 0 spiro atoms. The quantitative estimate of drug-likeness (QED) is 0.244. The van der Waals surface area contributed by atoms with Crippen LogP contribution in [0.5, 0.6) is 0 Å². The van der Waals surface area contributed by atoms with Crippen LogP contribution in [0, 0.1) is 11.3 Å². The number of oxime groups is 1. The monoisotopic (exact) mass is 270 g/mol. The molecule has 4 nitrogen and oxygen atoms in total. The van der Waals surface area contributed by atoms with Crippen LogP contribution in [0.15, 0.2) is 5.16 Å². The lowest BCUT2D eigenvalue weighted by atomic mass is 9.86. The van der Waals surface area contributed by atoms with Crippen molar-refractivity contribution < 1.29 is 9.94 Å². The number of nitrogens with two attached hydrogens (primary N) is 1. The number of amidine groups is 1. The molecule has 3 N–H and O–H groups in total. The highest BCUT2D eigenvalue weighted by Crippen LogP contribution is 2.26. The predicted molar refractivity (Wildman–Crippen MR) is 78.4 cm³/mol. The number of nitrogens with zero attached hydrogens (tertiary/aromatic N) is 1. The Kier molecular flexibility index (Phi) is 6.63. The van der Waals surface area contributed by atoms with Gasteiger partial charge in [0.2, 0.25) is 0 Å². The number of rotatable bonds is 7. The Labute approximate surface area is 117 Å². The largest absolute Gasteiger partial charge is 0.409 e. The number of unbranched alkanes of at least 4 members (excludes halogenated alkanes) is 1. The van der Waals surface area contributed by atoms with E-state index in [9.17, 15) is 0 Å². The van der Waals surface area contributed by atoms with E-state index in [0.717, 1.165) is 31.8 Å². The molecule has 0 radical (unpaired) electrons. The molecule has 2 unspecified atom stereocenters. The first-order valence-corrected chi connectivity index (χ1v) is 7.55. The van der Waals surface area contributed by atoms with Crippen molar-refractivity contribution in [2.24, 2.45) is 22.2 Å². The van der Waals surface area contributed by atoms with E-state index in [1.54, 1.807) is 0 Å². The first-order chi connectivity index (χ1) is 8.95. The van der Waals surface area contributed by atoms with Crippen molar-refractivity contribution in [3.8, 4) is 0 Å². The predicted octanol–water partition coefficient (Wildman–Crippen LogP) is 3.52. The molecule has 0 saturated heterocycles. The lowest BCUT2D eigenvalue weighted by Gasteiger charge is -2.27. The summed E-state index contributed by atoms with van der Waals surface area (Å²) in [5, 5.41) is 11.8. The topological polar surface area (TPSA) is 67.8 Å². The Morgan fingerprint density at radius 2 is 2.11 bits per heavy atom. The van der Waals surface area contributed by atoms with Gasteiger partial charge in [-0.05, 0) is 31.6 Å². The Morgan fingerprint density at radius 1 is 1.37 bits per heavy atom. The maximum Gasteiger partial charge on any atom is 0.144 e. The van der Waals surface area contributed by atoms with Crippen LogP contribution in [0.2, 0.25) is 0 Å². The summed E-state index contributed by atoms with van der Waals surface area (Å²) in [7, 11) is 0. The first kappa shape index (κ1) is 16.3. The maximum absolute atomic E-state index is 8.71. The molecule has 1 rings (SSSR count). The summed E-state index contributed by atoms with van der Waals surface area (Å²) >= 11 is 0. The summed E-state index contributed by atoms with van der Waals surface area (Å²) in [6.45, 7) is 7.16. The van der Waals surface area contributed by atoms with Gasteiger partial charge in [0.15, 0.2) is 0 Å². The van der Waals surface area contributed by atoms with Gasteiger partial charge in [0.1, 0.15) is 5.84 Å². The van der Waals surface area contributed by atoms with Crippen LogP contribution in [0.1, 0.15) is 65.7 Å². The van der Waals surface area contributed by atoms with Crippen molar-refractivity contribution >= 4 is 5.84 Å². The molecule has 0 bridgehead atoms. The smallest absolute Gasteiger partial charge is 0.144 e. The number of ether oxygens (including phenoxy) is 1. The van der Waals surface area contributed by atoms with Crippen molar-refractivity contribution in [1.29, 1.82) is 0 Å². The third-order valence-corrected chi connectivity index (χ3v) is 4.24. The molecule has 112 valence electrons. The molecule has 0 aromatic carbocycles. The van der Waals surface area contributed by atoms with Crippen LogP contribution in [-0.2, 0) is 4.74 Å². The van der Waals surface area contributed by atoms with Crippen molar-refractivity contribution in [2.75, 3.05) is 6.61 Å². The Morgan fingerprint density at radius 3 is 2.74 bits per heavy atom. The van der Waals surface area contributed by atoms with Gasteiger partial charge in [-0.3, -0.25) is 0 Å². The first-order valence-electron chi connectivity index (χ1n) is 7.55. The van der Waals surface area contributed by atoms with E-state index in [0.29, 0.717) is 11.9 Å². The van der Waals surface area contributed by atoms with E-state index >= 15 is 0 Å². The third-order valence-electron chi connectivity index (χ3n) is 4.24. The van der Waals surface area contributed by atoms with Crippen LogP contribution in [0.3, 0.4) is 0 Å². The molecular formula is C15H30N2O2. The van der Waals surface area contributed by atoms with Gasteiger partial charge in [-0.15, -0.1) is 0 Å². The van der Waals surface area contributed by atoms with E-state index in [2.05, 4.69) is 12.1 Å². The second kappa shape index (κ2) is 7.73. The van der Waals surface area contributed by atoms with Gasteiger partial charge in [0.05, 0.1) is 6.10 Å². The zero-order chi connectivity index (χ0) is 14.3. The fraction of sp³-hybridized carbons (Fsp3) is 0.933.